The fourth-order valence-corrected chi connectivity index (χ4v) is 4.39. The highest BCUT2D eigenvalue weighted by molar-refractivity contribution is 7.89. The molecule has 1 saturated heterocycles. The van der Waals surface area contributed by atoms with Gasteiger partial charge in [0, 0.05) is 42.6 Å². The average molecular weight is 397 g/mol. The minimum absolute atomic E-state index is 0.169. The Morgan fingerprint density at radius 1 is 1.14 bits per heavy atom. The number of aromatic nitrogens is 1. The van der Waals surface area contributed by atoms with Crippen LogP contribution in [0.4, 0.5) is 5.69 Å². The zero-order valence-electron chi connectivity index (χ0n) is 15.6. The lowest BCUT2D eigenvalue weighted by Crippen LogP contribution is -2.41. The number of piperidine rings is 1. The van der Waals surface area contributed by atoms with Gasteiger partial charge in [-0.15, -0.1) is 0 Å². The number of fused-ring (bicyclic) bond motifs is 1. The van der Waals surface area contributed by atoms with E-state index in [1.165, 1.54) is 11.5 Å². The van der Waals surface area contributed by atoms with E-state index in [9.17, 15) is 8.42 Å². The van der Waals surface area contributed by atoms with Crippen LogP contribution in [0.25, 0.3) is 10.8 Å². The normalized spacial score (nSPS) is 18.2. The minimum atomic E-state index is -3.67. The van der Waals surface area contributed by atoms with E-state index in [1.807, 2.05) is 24.5 Å². The van der Waals surface area contributed by atoms with Crippen LogP contribution in [-0.4, -0.2) is 37.4 Å². The summed E-state index contributed by atoms with van der Waals surface area (Å²) in [4.78, 5) is 6.68. The molecule has 28 heavy (non-hydrogen) atoms. The Morgan fingerprint density at radius 3 is 2.89 bits per heavy atom. The summed E-state index contributed by atoms with van der Waals surface area (Å²) in [6.07, 6.45) is 5.90. The van der Waals surface area contributed by atoms with Crippen molar-refractivity contribution in [1.29, 1.82) is 0 Å². The maximum Gasteiger partial charge on any atom is 0.238 e. The topological polar surface area (TPSA) is 88.3 Å². The average Bonchev–Trinajstić information content (AvgIpc) is 2.68. The van der Waals surface area contributed by atoms with Gasteiger partial charge in [-0.1, -0.05) is 18.2 Å². The highest BCUT2D eigenvalue weighted by Crippen LogP contribution is 2.22. The molecule has 0 radical (unpaired) electrons. The zero-order valence-corrected chi connectivity index (χ0v) is 16.4. The van der Waals surface area contributed by atoms with Crippen LogP contribution in [0.1, 0.15) is 18.4 Å². The number of likely N-dealkylation sites (tertiary alicyclic amines) is 1. The van der Waals surface area contributed by atoms with Gasteiger partial charge in [0.05, 0.1) is 4.90 Å². The lowest BCUT2D eigenvalue weighted by atomic mass is 10.0. The lowest BCUT2D eigenvalue weighted by Gasteiger charge is -2.33. The van der Waals surface area contributed by atoms with Crippen LogP contribution in [0.3, 0.4) is 0 Å². The van der Waals surface area contributed by atoms with E-state index in [-0.39, 0.29) is 4.90 Å². The Labute approximate surface area is 165 Å². The number of sulfonamides is 1. The molecule has 7 heteroatoms. The van der Waals surface area contributed by atoms with Crippen LogP contribution in [-0.2, 0) is 16.6 Å². The Kier molecular flexibility index (Phi) is 5.30. The number of nitrogens with one attached hydrogen (secondary N) is 1. The molecule has 2 aromatic carbocycles. The highest BCUT2D eigenvalue weighted by atomic mass is 32.2. The molecule has 0 saturated carbocycles. The number of nitrogens with two attached hydrogens (primary N) is 1. The van der Waals surface area contributed by atoms with Crippen molar-refractivity contribution in [2.24, 2.45) is 5.14 Å². The maximum absolute atomic E-state index is 11.6. The molecule has 3 N–H and O–H groups in total. The third kappa shape index (κ3) is 4.49. The number of hydrogen-bond acceptors (Lipinski definition) is 5. The van der Waals surface area contributed by atoms with Gasteiger partial charge in [-0.2, -0.15) is 0 Å². The van der Waals surface area contributed by atoms with E-state index in [1.54, 1.807) is 12.1 Å². The van der Waals surface area contributed by atoms with E-state index in [0.717, 1.165) is 42.6 Å². The Balaban J connectivity index is 1.43. The van der Waals surface area contributed by atoms with Gasteiger partial charge >= 0.3 is 0 Å². The molecule has 1 fully saturated rings. The second kappa shape index (κ2) is 7.87. The van der Waals surface area contributed by atoms with Gasteiger partial charge in [-0.3, -0.25) is 9.88 Å². The first kappa shape index (κ1) is 18.9. The van der Waals surface area contributed by atoms with Gasteiger partial charge in [0.25, 0.3) is 0 Å². The van der Waals surface area contributed by atoms with Crippen LogP contribution in [0.15, 0.2) is 65.8 Å². The van der Waals surface area contributed by atoms with Gasteiger partial charge in [0.1, 0.15) is 0 Å². The summed E-state index contributed by atoms with van der Waals surface area (Å²) in [6.45, 7) is 2.63. The molecule has 0 spiro atoms. The van der Waals surface area contributed by atoms with E-state index < -0.39 is 10.0 Å². The fourth-order valence-electron chi connectivity index (χ4n) is 3.80. The third-order valence-corrected chi connectivity index (χ3v) is 6.06. The lowest BCUT2D eigenvalue weighted by molar-refractivity contribution is 0.208. The van der Waals surface area contributed by atoms with Crippen molar-refractivity contribution in [3.05, 3.63) is 66.5 Å². The number of hydrogen-bond donors (Lipinski definition) is 2. The first-order chi connectivity index (χ1) is 13.5. The summed E-state index contributed by atoms with van der Waals surface area (Å²) in [5.74, 6) is 0. The molecule has 0 unspecified atom stereocenters. The van der Waals surface area contributed by atoms with Crippen molar-refractivity contribution in [2.75, 3.05) is 18.4 Å². The quantitative estimate of drug-likeness (QED) is 0.692. The first-order valence-electron chi connectivity index (χ1n) is 9.42. The van der Waals surface area contributed by atoms with Crippen LogP contribution < -0.4 is 10.5 Å². The van der Waals surface area contributed by atoms with Gasteiger partial charge in [-0.25, -0.2) is 13.6 Å². The second-order valence-electron chi connectivity index (χ2n) is 7.35. The molecule has 1 atom stereocenters. The molecule has 1 aliphatic rings. The van der Waals surface area contributed by atoms with Crippen molar-refractivity contribution < 1.29 is 8.42 Å². The van der Waals surface area contributed by atoms with Gasteiger partial charge in [0.2, 0.25) is 10.0 Å². The molecule has 4 rings (SSSR count). The van der Waals surface area contributed by atoms with E-state index in [2.05, 4.69) is 33.4 Å². The predicted molar refractivity (Wildman–Crippen MR) is 111 cm³/mol. The van der Waals surface area contributed by atoms with E-state index in [0.29, 0.717) is 12.6 Å². The number of anilines is 1. The molecule has 0 bridgehead atoms. The van der Waals surface area contributed by atoms with Crippen LogP contribution in [0.5, 0.6) is 0 Å². The standard InChI is InChI=1S/C21H24N4O2S/c22-28(26,27)21-5-1-3-16(11-21)14-25-10-2-4-20(15-25)24-19-7-6-18-13-23-9-8-17(18)12-19/h1,3,5-9,11-13,20,24H,2,4,10,14-15H2,(H2,22,26,27)/t20-/m1/s1. The third-order valence-electron chi connectivity index (χ3n) is 5.15. The summed E-state index contributed by atoms with van der Waals surface area (Å²) < 4.78 is 23.2. The fraction of sp³-hybridized carbons (Fsp3) is 0.286. The summed E-state index contributed by atoms with van der Waals surface area (Å²) in [5.41, 5.74) is 2.08. The predicted octanol–water partition coefficient (Wildman–Crippen LogP) is 2.96. The monoisotopic (exact) mass is 396 g/mol. The van der Waals surface area contributed by atoms with Crippen LogP contribution in [0.2, 0.25) is 0 Å². The van der Waals surface area contributed by atoms with Gasteiger partial charge < -0.3 is 5.32 Å². The number of pyridine rings is 1. The molecule has 0 amide bonds. The summed E-state index contributed by atoms with van der Waals surface area (Å²) >= 11 is 0. The van der Waals surface area contributed by atoms with Crippen LogP contribution >= 0.6 is 0 Å². The summed E-state index contributed by atoms with van der Waals surface area (Å²) in [5, 5.41) is 11.2. The Bertz CT molecular complexity index is 1080. The Morgan fingerprint density at radius 2 is 2.04 bits per heavy atom. The van der Waals surface area contributed by atoms with Crippen molar-refractivity contribution >= 4 is 26.5 Å². The number of rotatable bonds is 5. The maximum atomic E-state index is 11.6. The molecule has 3 aromatic rings. The van der Waals surface area contributed by atoms with Crippen molar-refractivity contribution in [1.82, 2.24) is 9.88 Å². The number of primary sulfonamides is 1. The van der Waals surface area contributed by atoms with Crippen LogP contribution in [0, 0.1) is 0 Å². The zero-order chi connectivity index (χ0) is 19.6. The van der Waals surface area contributed by atoms with E-state index >= 15 is 0 Å². The number of benzene rings is 2. The molecule has 6 nitrogen and oxygen atoms in total. The Hall–Kier alpha value is -2.48. The largest absolute Gasteiger partial charge is 0.381 e. The van der Waals surface area contributed by atoms with E-state index in [4.69, 9.17) is 5.14 Å². The highest BCUT2D eigenvalue weighted by Gasteiger charge is 2.20. The molecule has 1 aliphatic heterocycles. The smallest absolute Gasteiger partial charge is 0.238 e. The first-order valence-corrected chi connectivity index (χ1v) is 11.0. The van der Waals surface area contributed by atoms with Gasteiger partial charge in [0.15, 0.2) is 0 Å². The molecular formula is C21H24N4O2S. The molecular weight excluding hydrogens is 372 g/mol. The van der Waals surface area contributed by atoms with Gasteiger partial charge in [-0.05, 0) is 60.7 Å². The molecule has 146 valence electrons. The molecule has 0 aliphatic carbocycles. The summed E-state index contributed by atoms with van der Waals surface area (Å²) in [7, 11) is -3.67. The molecule has 2 heterocycles. The SMILES string of the molecule is NS(=O)(=O)c1cccc(CN2CCC[C@@H](Nc3ccc4cnccc4c3)C2)c1. The second-order valence-corrected chi connectivity index (χ2v) is 8.91. The number of nitrogens with zero attached hydrogens (tertiary/aromatic N) is 2. The minimum Gasteiger partial charge on any atom is -0.381 e. The van der Waals surface area contributed by atoms with Crippen molar-refractivity contribution in [3.8, 4) is 0 Å². The van der Waals surface area contributed by atoms with Crippen molar-refractivity contribution in [3.63, 3.8) is 0 Å². The van der Waals surface area contributed by atoms with Crippen molar-refractivity contribution in [2.45, 2.75) is 30.3 Å². The summed E-state index contributed by atoms with van der Waals surface area (Å²) in [6, 6.07) is 15.6. The molecule has 1 aromatic heterocycles.